The number of carbonyl (C=O) groups is 1. The number of sulfone groups is 1. The lowest BCUT2D eigenvalue weighted by molar-refractivity contribution is -0.125. The molecule has 6 heteroatoms. The zero-order chi connectivity index (χ0) is 13.2. The highest BCUT2D eigenvalue weighted by Crippen LogP contribution is 2.27. The summed E-state index contributed by atoms with van der Waals surface area (Å²) in [4.78, 5) is 12.1. The van der Waals surface area contributed by atoms with Crippen LogP contribution in [0.4, 0.5) is 0 Å². The summed E-state index contributed by atoms with van der Waals surface area (Å²) in [5.74, 6) is 0.296. The average molecular weight is 338 g/mol. The van der Waals surface area contributed by atoms with Crippen LogP contribution in [0.2, 0.25) is 0 Å². The van der Waals surface area contributed by atoms with Crippen LogP contribution in [-0.2, 0) is 14.6 Å². The van der Waals surface area contributed by atoms with E-state index in [1.54, 1.807) is 0 Å². The molecule has 1 heterocycles. The van der Waals surface area contributed by atoms with Crippen molar-refractivity contribution in [1.29, 1.82) is 0 Å². The molecule has 3 atom stereocenters. The van der Waals surface area contributed by atoms with Gasteiger partial charge in [0.15, 0.2) is 9.84 Å². The predicted octanol–water partition coefficient (Wildman–Crippen LogP) is 1.49. The van der Waals surface area contributed by atoms with Crippen LogP contribution in [0.15, 0.2) is 0 Å². The van der Waals surface area contributed by atoms with Gasteiger partial charge in [0.1, 0.15) is 0 Å². The summed E-state index contributed by atoms with van der Waals surface area (Å²) in [5, 5.41) is 3.97. The standard InChI is InChI=1S/C12H20BrNO3S/c13-7-9-3-1-2-4-11(9)14-12(15)10-5-6-18(16,17)8-10/h9-11H,1-8H2,(H,14,15). The molecule has 0 radical (unpaired) electrons. The number of carbonyl (C=O) groups excluding carboxylic acids is 1. The van der Waals surface area contributed by atoms with Crippen molar-refractivity contribution in [2.24, 2.45) is 11.8 Å². The first-order valence-corrected chi connectivity index (χ1v) is 9.53. The maximum absolute atomic E-state index is 12.1. The van der Waals surface area contributed by atoms with Crippen LogP contribution in [-0.4, -0.2) is 37.2 Å². The van der Waals surface area contributed by atoms with Gasteiger partial charge in [-0.2, -0.15) is 0 Å². The molecule has 0 bridgehead atoms. The minimum atomic E-state index is -2.97. The molecule has 0 aromatic heterocycles. The number of halogens is 1. The van der Waals surface area contributed by atoms with Gasteiger partial charge < -0.3 is 5.32 Å². The van der Waals surface area contributed by atoms with E-state index in [1.165, 1.54) is 6.42 Å². The third-order valence-electron chi connectivity index (χ3n) is 4.04. The van der Waals surface area contributed by atoms with E-state index in [0.29, 0.717) is 12.3 Å². The lowest BCUT2D eigenvalue weighted by atomic mass is 9.85. The number of hydrogen-bond donors (Lipinski definition) is 1. The summed E-state index contributed by atoms with van der Waals surface area (Å²) in [6.07, 6.45) is 5.01. The van der Waals surface area contributed by atoms with Crippen LogP contribution in [0.25, 0.3) is 0 Å². The normalized spacial score (nSPS) is 35.3. The van der Waals surface area contributed by atoms with Crippen molar-refractivity contribution < 1.29 is 13.2 Å². The molecule has 1 amide bonds. The number of hydrogen-bond acceptors (Lipinski definition) is 3. The molecular weight excluding hydrogens is 318 g/mol. The number of alkyl halides is 1. The highest BCUT2D eigenvalue weighted by Gasteiger charge is 2.35. The van der Waals surface area contributed by atoms with Gasteiger partial charge in [0.05, 0.1) is 17.4 Å². The SMILES string of the molecule is O=C(NC1CCCCC1CBr)C1CCS(=O)(=O)C1. The fraction of sp³-hybridized carbons (Fsp3) is 0.917. The highest BCUT2D eigenvalue weighted by atomic mass is 79.9. The average Bonchev–Trinajstić information content (AvgIpc) is 2.70. The second-order valence-electron chi connectivity index (χ2n) is 5.41. The molecule has 1 aliphatic carbocycles. The van der Waals surface area contributed by atoms with Gasteiger partial charge in [0.25, 0.3) is 0 Å². The third kappa shape index (κ3) is 3.47. The molecule has 2 aliphatic rings. The molecule has 1 aliphatic heterocycles. The van der Waals surface area contributed by atoms with Crippen LogP contribution in [0, 0.1) is 11.8 Å². The van der Waals surface area contributed by atoms with Crippen molar-refractivity contribution in [2.75, 3.05) is 16.8 Å². The fourth-order valence-electron chi connectivity index (χ4n) is 2.88. The minimum absolute atomic E-state index is 0.0323. The van der Waals surface area contributed by atoms with E-state index in [1.807, 2.05) is 0 Å². The Labute approximate surface area is 117 Å². The van der Waals surface area contributed by atoms with Gasteiger partial charge in [-0.1, -0.05) is 28.8 Å². The zero-order valence-corrected chi connectivity index (χ0v) is 12.8. The first-order valence-electron chi connectivity index (χ1n) is 6.58. The third-order valence-corrected chi connectivity index (χ3v) is 6.64. The van der Waals surface area contributed by atoms with Crippen LogP contribution in [0.5, 0.6) is 0 Å². The van der Waals surface area contributed by atoms with E-state index in [9.17, 15) is 13.2 Å². The molecule has 0 spiro atoms. The molecule has 2 fully saturated rings. The van der Waals surface area contributed by atoms with Gasteiger partial charge in [-0.3, -0.25) is 4.79 Å². The maximum atomic E-state index is 12.1. The second kappa shape index (κ2) is 5.90. The molecule has 1 N–H and O–H groups in total. The summed E-state index contributed by atoms with van der Waals surface area (Å²) >= 11 is 3.50. The lowest BCUT2D eigenvalue weighted by Gasteiger charge is -2.31. The van der Waals surface area contributed by atoms with Crippen LogP contribution in [0.3, 0.4) is 0 Å². The van der Waals surface area contributed by atoms with Crippen molar-refractivity contribution in [2.45, 2.75) is 38.1 Å². The van der Waals surface area contributed by atoms with Gasteiger partial charge in [-0.25, -0.2) is 8.42 Å². The zero-order valence-electron chi connectivity index (χ0n) is 10.4. The molecule has 104 valence electrons. The van der Waals surface area contributed by atoms with Crippen molar-refractivity contribution >= 4 is 31.7 Å². The van der Waals surface area contributed by atoms with E-state index in [4.69, 9.17) is 0 Å². The summed E-state index contributed by atoms with van der Waals surface area (Å²) in [7, 11) is -2.97. The van der Waals surface area contributed by atoms with Crippen molar-refractivity contribution in [3.63, 3.8) is 0 Å². The minimum Gasteiger partial charge on any atom is -0.353 e. The monoisotopic (exact) mass is 337 g/mol. The molecule has 18 heavy (non-hydrogen) atoms. The fourth-order valence-corrected chi connectivity index (χ4v) is 5.40. The highest BCUT2D eigenvalue weighted by molar-refractivity contribution is 9.09. The van der Waals surface area contributed by atoms with E-state index >= 15 is 0 Å². The summed E-state index contributed by atoms with van der Waals surface area (Å²) in [6, 6.07) is 0.217. The molecule has 1 saturated carbocycles. The van der Waals surface area contributed by atoms with E-state index in [2.05, 4.69) is 21.2 Å². The van der Waals surface area contributed by atoms with Gasteiger partial charge in [0, 0.05) is 11.4 Å². The Hall–Kier alpha value is -0.100. The van der Waals surface area contributed by atoms with Gasteiger partial charge >= 0.3 is 0 Å². The molecule has 0 aromatic carbocycles. The Morgan fingerprint density at radius 2 is 1.94 bits per heavy atom. The van der Waals surface area contributed by atoms with Crippen molar-refractivity contribution in [1.82, 2.24) is 5.32 Å². The second-order valence-corrected chi connectivity index (χ2v) is 8.29. The number of nitrogens with one attached hydrogen (secondary N) is 1. The Balaban J connectivity index is 1.90. The molecular formula is C12H20BrNO3S. The van der Waals surface area contributed by atoms with E-state index < -0.39 is 9.84 Å². The van der Waals surface area contributed by atoms with Gasteiger partial charge in [0.2, 0.25) is 5.91 Å². The topological polar surface area (TPSA) is 63.2 Å². The molecule has 4 nitrogen and oxygen atoms in total. The van der Waals surface area contributed by atoms with Crippen LogP contribution in [0.1, 0.15) is 32.1 Å². The van der Waals surface area contributed by atoms with Crippen molar-refractivity contribution in [3.05, 3.63) is 0 Å². The number of amides is 1. The van der Waals surface area contributed by atoms with Gasteiger partial charge in [-0.15, -0.1) is 0 Å². The van der Waals surface area contributed by atoms with E-state index in [0.717, 1.165) is 24.6 Å². The lowest BCUT2D eigenvalue weighted by Crippen LogP contribution is -2.45. The summed E-state index contributed by atoms with van der Waals surface area (Å²) in [5.41, 5.74) is 0. The van der Waals surface area contributed by atoms with Crippen molar-refractivity contribution in [3.8, 4) is 0 Å². The van der Waals surface area contributed by atoms with E-state index in [-0.39, 0.29) is 29.4 Å². The van der Waals surface area contributed by atoms with Crippen LogP contribution < -0.4 is 5.32 Å². The Morgan fingerprint density at radius 1 is 1.22 bits per heavy atom. The Kier molecular flexibility index (Phi) is 4.69. The van der Waals surface area contributed by atoms with Crippen LogP contribution >= 0.6 is 15.9 Å². The first-order chi connectivity index (χ1) is 8.52. The molecule has 0 aromatic rings. The quantitative estimate of drug-likeness (QED) is 0.793. The Morgan fingerprint density at radius 3 is 2.56 bits per heavy atom. The Bertz CT molecular complexity index is 410. The summed E-state index contributed by atoms with van der Waals surface area (Å²) < 4.78 is 22.7. The molecule has 2 rings (SSSR count). The van der Waals surface area contributed by atoms with Gasteiger partial charge in [-0.05, 0) is 25.2 Å². The smallest absolute Gasteiger partial charge is 0.224 e. The maximum Gasteiger partial charge on any atom is 0.224 e. The largest absolute Gasteiger partial charge is 0.353 e. The first kappa shape index (κ1) is 14.3. The summed E-state index contributed by atoms with van der Waals surface area (Å²) in [6.45, 7) is 0. The number of rotatable bonds is 3. The molecule has 1 saturated heterocycles. The molecule has 3 unspecified atom stereocenters. The predicted molar refractivity (Wildman–Crippen MR) is 74.4 cm³/mol.